The van der Waals surface area contributed by atoms with Crippen LogP contribution in [0.1, 0.15) is 49.0 Å². The van der Waals surface area contributed by atoms with Crippen LogP contribution < -0.4 is 5.32 Å². The van der Waals surface area contributed by atoms with Crippen LogP contribution in [0.3, 0.4) is 0 Å². The highest BCUT2D eigenvalue weighted by Crippen LogP contribution is 2.45. The zero-order chi connectivity index (χ0) is 19.0. The lowest BCUT2D eigenvalue weighted by atomic mass is 9.67. The lowest BCUT2D eigenvalue weighted by Gasteiger charge is -2.42. The summed E-state index contributed by atoms with van der Waals surface area (Å²) in [6.07, 6.45) is 14.3. The molecule has 0 saturated heterocycles. The van der Waals surface area contributed by atoms with E-state index in [1.54, 1.807) is 29.9 Å². The summed E-state index contributed by atoms with van der Waals surface area (Å²) < 4.78 is 0. The minimum atomic E-state index is 0.203. The standard InChI is InChI=1S/C21H25N5OS/c27-11-8-21(6-3-7-21)13-24-19-17-14-4-1-2-5-16(14)28-20(17)26-18(25-19)15-12-22-9-10-23-15/h9-10,12,27H,1-8,11,13H2,(H,24,25,26). The minimum absolute atomic E-state index is 0.203. The monoisotopic (exact) mass is 395 g/mol. The molecule has 3 aromatic rings. The third kappa shape index (κ3) is 3.16. The molecule has 0 unspecified atom stereocenters. The van der Waals surface area contributed by atoms with Crippen molar-refractivity contribution < 1.29 is 5.11 Å². The number of hydrogen-bond donors (Lipinski definition) is 2. The average molecular weight is 396 g/mol. The Morgan fingerprint density at radius 3 is 2.75 bits per heavy atom. The van der Waals surface area contributed by atoms with Gasteiger partial charge in [-0.25, -0.2) is 15.0 Å². The Hall–Kier alpha value is -2.12. The van der Waals surface area contributed by atoms with Crippen LogP contribution in [0.25, 0.3) is 21.7 Å². The Morgan fingerprint density at radius 2 is 2.00 bits per heavy atom. The number of aryl methyl sites for hydroxylation is 2. The van der Waals surface area contributed by atoms with Gasteiger partial charge in [0.25, 0.3) is 0 Å². The number of aliphatic hydroxyl groups is 1. The van der Waals surface area contributed by atoms with Crippen LogP contribution >= 0.6 is 11.3 Å². The topological polar surface area (TPSA) is 83.8 Å². The highest BCUT2D eigenvalue weighted by atomic mass is 32.1. The van der Waals surface area contributed by atoms with Crippen molar-refractivity contribution in [2.45, 2.75) is 51.4 Å². The number of aromatic nitrogens is 4. The molecule has 5 rings (SSSR count). The summed E-state index contributed by atoms with van der Waals surface area (Å²) in [7, 11) is 0. The third-order valence-electron chi connectivity index (χ3n) is 6.29. The van der Waals surface area contributed by atoms with Crippen molar-refractivity contribution in [3.05, 3.63) is 29.0 Å². The zero-order valence-electron chi connectivity index (χ0n) is 15.9. The molecule has 0 atom stereocenters. The van der Waals surface area contributed by atoms with Crippen molar-refractivity contribution in [3.8, 4) is 11.5 Å². The molecular weight excluding hydrogens is 370 g/mol. The van der Waals surface area contributed by atoms with Crippen LogP contribution in [0.2, 0.25) is 0 Å². The van der Waals surface area contributed by atoms with Gasteiger partial charge in [-0.2, -0.15) is 0 Å². The number of aliphatic hydroxyl groups excluding tert-OH is 1. The van der Waals surface area contributed by atoms with E-state index in [2.05, 4.69) is 15.3 Å². The fraction of sp³-hybridized carbons (Fsp3) is 0.524. The zero-order valence-corrected chi connectivity index (χ0v) is 16.8. The van der Waals surface area contributed by atoms with Crippen molar-refractivity contribution in [1.29, 1.82) is 0 Å². The maximum Gasteiger partial charge on any atom is 0.183 e. The van der Waals surface area contributed by atoms with Gasteiger partial charge in [0.2, 0.25) is 0 Å². The van der Waals surface area contributed by atoms with Gasteiger partial charge in [0, 0.05) is 30.4 Å². The van der Waals surface area contributed by atoms with Gasteiger partial charge in [0.15, 0.2) is 5.82 Å². The van der Waals surface area contributed by atoms with E-state index in [1.165, 1.54) is 47.9 Å². The smallest absolute Gasteiger partial charge is 0.183 e. The number of nitrogens with zero attached hydrogens (tertiary/aromatic N) is 4. The van der Waals surface area contributed by atoms with Gasteiger partial charge >= 0.3 is 0 Å². The first-order chi connectivity index (χ1) is 13.8. The Balaban J connectivity index is 1.57. The van der Waals surface area contributed by atoms with E-state index < -0.39 is 0 Å². The van der Waals surface area contributed by atoms with Gasteiger partial charge in [0.05, 0.1) is 11.6 Å². The van der Waals surface area contributed by atoms with E-state index in [9.17, 15) is 5.11 Å². The third-order valence-corrected chi connectivity index (χ3v) is 7.48. The summed E-state index contributed by atoms with van der Waals surface area (Å²) in [5.74, 6) is 1.56. The Kier molecular flexibility index (Phi) is 4.72. The second-order valence-electron chi connectivity index (χ2n) is 8.06. The number of anilines is 1. The van der Waals surface area contributed by atoms with E-state index >= 15 is 0 Å². The molecule has 0 aromatic carbocycles. The molecule has 146 valence electrons. The van der Waals surface area contributed by atoms with Crippen LogP contribution in [0.4, 0.5) is 5.82 Å². The van der Waals surface area contributed by atoms with Crippen molar-refractivity contribution in [1.82, 2.24) is 19.9 Å². The van der Waals surface area contributed by atoms with Crippen molar-refractivity contribution in [2.75, 3.05) is 18.5 Å². The number of hydrogen-bond acceptors (Lipinski definition) is 7. The molecule has 7 heteroatoms. The predicted molar refractivity (Wildman–Crippen MR) is 112 cm³/mol. The summed E-state index contributed by atoms with van der Waals surface area (Å²) >= 11 is 1.81. The molecule has 0 amide bonds. The van der Waals surface area contributed by atoms with Crippen molar-refractivity contribution in [3.63, 3.8) is 0 Å². The summed E-state index contributed by atoms with van der Waals surface area (Å²) in [6, 6.07) is 0. The molecule has 0 aliphatic heterocycles. The fourth-order valence-electron chi connectivity index (χ4n) is 4.51. The molecule has 3 heterocycles. The van der Waals surface area contributed by atoms with Gasteiger partial charge in [0.1, 0.15) is 16.3 Å². The molecule has 3 aromatic heterocycles. The average Bonchev–Trinajstić information content (AvgIpc) is 3.09. The van der Waals surface area contributed by atoms with Crippen LogP contribution in [0.15, 0.2) is 18.6 Å². The van der Waals surface area contributed by atoms with Crippen LogP contribution in [0.5, 0.6) is 0 Å². The molecule has 2 N–H and O–H groups in total. The second kappa shape index (κ2) is 7.37. The summed E-state index contributed by atoms with van der Waals surface area (Å²) in [5.41, 5.74) is 2.34. The Labute approximate surface area is 168 Å². The second-order valence-corrected chi connectivity index (χ2v) is 9.14. The molecule has 0 radical (unpaired) electrons. The first-order valence-electron chi connectivity index (χ1n) is 10.2. The van der Waals surface area contributed by atoms with E-state index in [0.717, 1.165) is 36.5 Å². The Morgan fingerprint density at radius 1 is 1.11 bits per heavy atom. The number of rotatable bonds is 6. The van der Waals surface area contributed by atoms with Gasteiger partial charge < -0.3 is 10.4 Å². The van der Waals surface area contributed by atoms with Crippen LogP contribution in [0, 0.1) is 5.41 Å². The number of nitrogens with one attached hydrogen (secondary N) is 1. The predicted octanol–water partition coefficient (Wildman–Crippen LogP) is 3.99. The molecule has 1 saturated carbocycles. The quantitative estimate of drug-likeness (QED) is 0.656. The van der Waals surface area contributed by atoms with Gasteiger partial charge in [-0.3, -0.25) is 4.98 Å². The van der Waals surface area contributed by atoms with Crippen molar-refractivity contribution >= 4 is 27.4 Å². The largest absolute Gasteiger partial charge is 0.396 e. The summed E-state index contributed by atoms with van der Waals surface area (Å²) in [5, 5.41) is 14.3. The van der Waals surface area contributed by atoms with E-state index in [-0.39, 0.29) is 12.0 Å². The van der Waals surface area contributed by atoms with E-state index in [0.29, 0.717) is 11.5 Å². The van der Waals surface area contributed by atoms with E-state index in [1.807, 2.05) is 0 Å². The lowest BCUT2D eigenvalue weighted by Crippen LogP contribution is -2.37. The van der Waals surface area contributed by atoms with Crippen LogP contribution in [-0.4, -0.2) is 38.2 Å². The summed E-state index contributed by atoms with van der Waals surface area (Å²) in [4.78, 5) is 20.8. The molecule has 0 bridgehead atoms. The van der Waals surface area contributed by atoms with Crippen molar-refractivity contribution in [2.24, 2.45) is 5.41 Å². The highest BCUT2D eigenvalue weighted by Gasteiger charge is 2.36. The lowest BCUT2D eigenvalue weighted by molar-refractivity contribution is 0.102. The fourth-order valence-corrected chi connectivity index (χ4v) is 5.78. The maximum atomic E-state index is 9.49. The normalized spacial score (nSPS) is 17.9. The first kappa shape index (κ1) is 17.9. The highest BCUT2D eigenvalue weighted by molar-refractivity contribution is 7.19. The summed E-state index contributed by atoms with van der Waals surface area (Å²) in [6.45, 7) is 1.10. The van der Waals surface area contributed by atoms with Gasteiger partial charge in [-0.05, 0) is 55.9 Å². The molecule has 0 spiro atoms. The van der Waals surface area contributed by atoms with E-state index in [4.69, 9.17) is 9.97 Å². The van der Waals surface area contributed by atoms with Gasteiger partial charge in [-0.1, -0.05) is 6.42 Å². The number of fused-ring (bicyclic) bond motifs is 3. The van der Waals surface area contributed by atoms with Gasteiger partial charge in [-0.15, -0.1) is 11.3 Å². The molecular formula is C21H25N5OS. The molecule has 6 nitrogen and oxygen atoms in total. The molecule has 1 fully saturated rings. The minimum Gasteiger partial charge on any atom is -0.396 e. The maximum absolute atomic E-state index is 9.49. The van der Waals surface area contributed by atoms with Crippen LogP contribution in [-0.2, 0) is 12.8 Å². The molecule has 2 aliphatic carbocycles. The Bertz CT molecular complexity index is 983. The molecule has 28 heavy (non-hydrogen) atoms. The number of thiophene rings is 1. The molecule has 2 aliphatic rings. The first-order valence-corrected chi connectivity index (χ1v) is 11.0. The SMILES string of the molecule is OCCC1(CNc2nc(-c3cnccn3)nc3sc4c(c23)CCCC4)CCC1.